The summed E-state index contributed by atoms with van der Waals surface area (Å²) >= 11 is 0. The molecule has 0 saturated heterocycles. The van der Waals surface area contributed by atoms with E-state index in [2.05, 4.69) is 145 Å². The Morgan fingerprint density at radius 1 is 0.379 bits per heavy atom. The molecule has 0 fully saturated rings. The fourth-order valence-corrected chi connectivity index (χ4v) is 5.13. The van der Waals surface area contributed by atoms with Crippen molar-refractivity contribution in [3.05, 3.63) is 144 Å². The zero-order chi connectivity index (χ0) is 20.2. The Morgan fingerprint density at radius 2 is 0.586 bits per heavy atom. The molecule has 0 amide bonds. The van der Waals surface area contributed by atoms with Crippen LogP contribution in [0.5, 0.6) is 0 Å². The molecule has 0 heterocycles. The van der Waals surface area contributed by atoms with Crippen LogP contribution in [0.2, 0.25) is 0 Å². The van der Waals surface area contributed by atoms with Crippen molar-refractivity contribution in [2.45, 2.75) is 10.6 Å². The van der Waals surface area contributed by atoms with Crippen LogP contribution in [0.25, 0.3) is 0 Å². The summed E-state index contributed by atoms with van der Waals surface area (Å²) < 4.78 is 0. The van der Waals surface area contributed by atoms with Crippen LogP contribution in [-0.2, 0) is 10.6 Å². The van der Waals surface area contributed by atoms with Crippen molar-refractivity contribution in [3.8, 4) is 0 Å². The Bertz CT molecular complexity index is 869. The van der Waals surface area contributed by atoms with Gasteiger partial charge in [-0.2, -0.15) is 0 Å². The molecule has 29 heavy (non-hydrogen) atoms. The molecule has 4 aromatic rings. The Balaban J connectivity index is 1.91. The topological polar surface area (TPSA) is 12.0 Å². The maximum absolute atomic E-state index is 4.00. The van der Waals surface area contributed by atoms with Crippen LogP contribution in [-0.4, -0.2) is 0 Å². The quantitative estimate of drug-likeness (QED) is 0.375. The number of hydrogen-bond donors (Lipinski definition) is 1. The minimum absolute atomic E-state index is 0.476. The van der Waals surface area contributed by atoms with E-state index < -0.39 is 10.6 Å². The molecule has 0 bridgehead atoms. The highest BCUT2D eigenvalue weighted by molar-refractivity contribution is 7.20. The lowest BCUT2D eigenvalue weighted by atomic mass is 9.92. The first-order chi connectivity index (χ1) is 14.1. The highest BCUT2D eigenvalue weighted by Gasteiger charge is 2.39. The van der Waals surface area contributed by atoms with Crippen LogP contribution in [0, 0.1) is 0 Å². The summed E-state index contributed by atoms with van der Waals surface area (Å²) in [6.45, 7) is 0. The Morgan fingerprint density at radius 3 is 0.793 bits per heavy atom. The average molecular weight is 413 g/mol. The molecule has 0 aliphatic carbocycles. The zero-order valence-electron chi connectivity index (χ0n) is 16.2. The normalized spacial score (nSPS) is 11.9. The van der Waals surface area contributed by atoms with E-state index in [9.17, 15) is 0 Å². The van der Waals surface area contributed by atoms with Crippen molar-refractivity contribution in [1.29, 1.82) is 0 Å². The van der Waals surface area contributed by atoms with Crippen molar-refractivity contribution >= 4 is 18.5 Å². The minimum atomic E-state index is -0.476. The van der Waals surface area contributed by atoms with Gasteiger partial charge in [-0.05, 0) is 22.3 Å². The van der Waals surface area contributed by atoms with Gasteiger partial charge >= 0.3 is 0 Å². The van der Waals surface area contributed by atoms with Gasteiger partial charge in [0.1, 0.15) is 0 Å². The average Bonchev–Trinajstić information content (AvgIpc) is 2.81. The number of nitrogens with one attached hydrogen (secondary N) is 1. The lowest BCUT2D eigenvalue weighted by Gasteiger charge is -2.43. The Hall–Kier alpha value is -2.30. The maximum atomic E-state index is 4.00. The molecule has 4 rings (SSSR count). The van der Waals surface area contributed by atoms with E-state index in [1.807, 2.05) is 0 Å². The van der Waals surface area contributed by atoms with Crippen molar-refractivity contribution < 1.29 is 0 Å². The minimum Gasteiger partial charge on any atom is -0.284 e. The summed E-state index contributed by atoms with van der Waals surface area (Å²) in [5.74, 6) is 0. The van der Waals surface area contributed by atoms with Gasteiger partial charge in [-0.3, -0.25) is 5.32 Å². The van der Waals surface area contributed by atoms with Gasteiger partial charge in [-0.1, -0.05) is 121 Å². The highest BCUT2D eigenvalue weighted by atomic mass is 31.0. The molecular weight excluding hydrogens is 388 g/mol. The molecule has 0 aliphatic heterocycles. The van der Waals surface area contributed by atoms with Gasteiger partial charge in [0.05, 0.1) is 10.6 Å². The van der Waals surface area contributed by atoms with Gasteiger partial charge < -0.3 is 0 Å². The van der Waals surface area contributed by atoms with Gasteiger partial charge in [-0.15, -0.1) is 18.5 Å². The molecule has 1 nitrogen and oxygen atoms in total. The molecule has 144 valence electrons. The number of benzene rings is 4. The van der Waals surface area contributed by atoms with Crippen molar-refractivity contribution in [2.75, 3.05) is 0 Å². The second kappa shape index (κ2) is 8.60. The second-order valence-electron chi connectivity index (χ2n) is 7.21. The van der Waals surface area contributed by atoms with Gasteiger partial charge in [0.25, 0.3) is 0 Å². The molecule has 0 saturated carbocycles. The van der Waals surface area contributed by atoms with E-state index in [0.717, 1.165) is 0 Å². The lowest BCUT2D eigenvalue weighted by Crippen LogP contribution is -2.49. The van der Waals surface area contributed by atoms with Crippen molar-refractivity contribution in [3.63, 3.8) is 0 Å². The number of rotatable bonds is 6. The molecule has 3 heteroatoms. The van der Waals surface area contributed by atoms with Gasteiger partial charge in [0.15, 0.2) is 0 Å². The molecule has 0 aliphatic rings. The maximum Gasteiger partial charge on any atom is 0.0841 e. The van der Waals surface area contributed by atoms with Gasteiger partial charge in [0.2, 0.25) is 0 Å². The zero-order valence-corrected chi connectivity index (χ0v) is 18.5. The van der Waals surface area contributed by atoms with Crippen LogP contribution in [0.3, 0.4) is 0 Å². The molecule has 0 radical (unpaired) electrons. The van der Waals surface area contributed by atoms with Crippen LogP contribution >= 0.6 is 18.5 Å². The lowest BCUT2D eigenvalue weighted by molar-refractivity contribution is 0.464. The van der Waals surface area contributed by atoms with Crippen LogP contribution < -0.4 is 5.32 Å². The molecule has 2 atom stereocenters. The smallest absolute Gasteiger partial charge is 0.0841 e. The Labute approximate surface area is 178 Å². The highest BCUT2D eigenvalue weighted by Crippen LogP contribution is 2.45. The largest absolute Gasteiger partial charge is 0.284 e. The predicted molar refractivity (Wildman–Crippen MR) is 130 cm³/mol. The molecule has 4 aromatic carbocycles. The fraction of sp³-hybridized carbons (Fsp3) is 0.0769. The summed E-state index contributed by atoms with van der Waals surface area (Å²) in [6, 6.07) is 42.4. The van der Waals surface area contributed by atoms with E-state index in [1.54, 1.807) is 0 Å². The van der Waals surface area contributed by atoms with Gasteiger partial charge in [0, 0.05) is 0 Å². The first kappa shape index (κ1) is 20.0. The number of hydrogen-bond acceptors (Lipinski definition) is 1. The molecule has 2 unspecified atom stereocenters. The fourth-order valence-electron chi connectivity index (χ4n) is 3.74. The Kier molecular flexibility index (Phi) is 5.93. The van der Waals surface area contributed by atoms with E-state index in [0.29, 0.717) is 0 Å². The molecular formula is C26H25NP2. The van der Waals surface area contributed by atoms with E-state index in [4.69, 9.17) is 0 Å². The third-order valence-electron chi connectivity index (χ3n) is 5.31. The summed E-state index contributed by atoms with van der Waals surface area (Å²) in [5, 5.41) is 3.05. The van der Waals surface area contributed by atoms with Crippen LogP contribution in [0.15, 0.2) is 121 Å². The summed E-state index contributed by atoms with van der Waals surface area (Å²) in [7, 11) is 6.17. The SMILES string of the molecule is PC(NC(P)(c1ccccc1)c1ccccc1)(c1ccccc1)c1ccccc1. The van der Waals surface area contributed by atoms with E-state index >= 15 is 0 Å². The summed E-state index contributed by atoms with van der Waals surface area (Å²) in [5.41, 5.74) is 4.76. The summed E-state index contributed by atoms with van der Waals surface area (Å²) in [6.07, 6.45) is 0. The van der Waals surface area contributed by atoms with E-state index in [1.165, 1.54) is 22.3 Å². The van der Waals surface area contributed by atoms with Crippen LogP contribution in [0.1, 0.15) is 22.3 Å². The second-order valence-corrected chi connectivity index (χ2v) is 8.94. The molecule has 0 spiro atoms. The third-order valence-corrected chi connectivity index (χ3v) is 6.93. The summed E-state index contributed by atoms with van der Waals surface area (Å²) in [4.78, 5) is 0. The monoisotopic (exact) mass is 413 g/mol. The predicted octanol–water partition coefficient (Wildman–Crippen LogP) is 6.13. The first-order valence-electron chi connectivity index (χ1n) is 9.72. The molecule has 1 N–H and O–H groups in total. The van der Waals surface area contributed by atoms with Crippen LogP contribution in [0.4, 0.5) is 0 Å². The van der Waals surface area contributed by atoms with Gasteiger partial charge in [-0.25, -0.2) is 0 Å². The first-order valence-corrected chi connectivity index (χ1v) is 10.9. The van der Waals surface area contributed by atoms with E-state index in [-0.39, 0.29) is 0 Å². The standard InChI is InChI=1S/C26H25NP2/c28-25(21-13-5-1-6-14-21,22-15-7-2-8-16-22)27-26(29,23-17-9-3-10-18-23)24-19-11-4-12-20-24/h1-20,27H,28-29H2. The van der Waals surface area contributed by atoms with Crippen molar-refractivity contribution in [1.82, 2.24) is 5.32 Å². The third kappa shape index (κ3) is 4.05. The molecule has 0 aromatic heterocycles. The van der Waals surface area contributed by atoms with Crippen molar-refractivity contribution in [2.24, 2.45) is 0 Å².